The number of carbonyl (C=O) groups is 1. The van der Waals surface area contributed by atoms with Gasteiger partial charge in [0.05, 0.1) is 13.0 Å². The van der Waals surface area contributed by atoms with Crippen LogP contribution in [0, 0.1) is 19.7 Å². The summed E-state index contributed by atoms with van der Waals surface area (Å²) < 4.78 is 20.5. The first kappa shape index (κ1) is 19.1. The van der Waals surface area contributed by atoms with Crippen molar-refractivity contribution in [1.29, 1.82) is 0 Å². The highest BCUT2D eigenvalue weighted by Crippen LogP contribution is 2.17. The molecule has 142 valence electrons. The molecule has 3 aromatic rings. The van der Waals surface area contributed by atoms with E-state index < -0.39 is 5.82 Å². The maximum Gasteiger partial charge on any atom is 0.253 e. The zero-order valence-corrected chi connectivity index (χ0v) is 16.1. The second-order valence-corrected chi connectivity index (χ2v) is 6.65. The zero-order valence-electron chi connectivity index (χ0n) is 15.3. The Morgan fingerprint density at radius 1 is 1.30 bits per heavy atom. The minimum Gasteiger partial charge on any atom is -0.489 e. The summed E-state index contributed by atoms with van der Waals surface area (Å²) in [7, 11) is 0. The van der Waals surface area contributed by atoms with Crippen LogP contribution >= 0.6 is 11.8 Å². The molecular formula is C18H20FN5O2S. The molecule has 27 heavy (non-hydrogen) atoms. The van der Waals surface area contributed by atoms with Crippen molar-refractivity contribution in [2.75, 3.05) is 19.4 Å². The Labute approximate surface area is 160 Å². The molecule has 1 aromatic carbocycles. The highest BCUT2D eigenvalue weighted by molar-refractivity contribution is 7.98. The van der Waals surface area contributed by atoms with Gasteiger partial charge in [0.15, 0.2) is 11.6 Å². The maximum atomic E-state index is 13.5. The molecule has 9 heteroatoms. The second kappa shape index (κ2) is 8.34. The third kappa shape index (κ3) is 4.36. The Kier molecular flexibility index (Phi) is 5.90. The number of halogens is 1. The minimum absolute atomic E-state index is 0.162. The number of thioether (sulfide) groups is 1. The van der Waals surface area contributed by atoms with Gasteiger partial charge in [-0.2, -0.15) is 4.98 Å². The molecule has 0 atom stereocenters. The van der Waals surface area contributed by atoms with Gasteiger partial charge in [0.2, 0.25) is 11.1 Å². The van der Waals surface area contributed by atoms with E-state index in [1.165, 1.54) is 17.8 Å². The number of aromatic nitrogens is 4. The van der Waals surface area contributed by atoms with E-state index in [1.807, 2.05) is 20.1 Å². The lowest BCUT2D eigenvalue weighted by Crippen LogP contribution is -2.30. The quantitative estimate of drug-likeness (QED) is 0.493. The van der Waals surface area contributed by atoms with Gasteiger partial charge in [0.25, 0.3) is 5.78 Å². The molecule has 0 aliphatic carbocycles. The van der Waals surface area contributed by atoms with E-state index in [-0.39, 0.29) is 31.2 Å². The molecule has 2 heterocycles. The van der Waals surface area contributed by atoms with Crippen molar-refractivity contribution in [3.05, 3.63) is 47.0 Å². The van der Waals surface area contributed by atoms with Crippen LogP contribution < -0.4 is 10.1 Å². The molecule has 1 amide bonds. The lowest BCUT2D eigenvalue weighted by atomic mass is 10.1. The van der Waals surface area contributed by atoms with Crippen LogP contribution in [0.15, 0.2) is 29.4 Å². The van der Waals surface area contributed by atoms with Gasteiger partial charge in [0.1, 0.15) is 6.61 Å². The Balaban J connectivity index is 1.60. The summed E-state index contributed by atoms with van der Waals surface area (Å²) in [6, 6.07) is 6.16. The second-order valence-electron chi connectivity index (χ2n) is 5.88. The number of benzene rings is 1. The van der Waals surface area contributed by atoms with Crippen molar-refractivity contribution in [3.63, 3.8) is 0 Å². The summed E-state index contributed by atoms with van der Waals surface area (Å²) >= 11 is 1.44. The van der Waals surface area contributed by atoms with Gasteiger partial charge in [-0.3, -0.25) is 4.79 Å². The number of aryl methyl sites for hydroxylation is 2. The fourth-order valence-corrected chi connectivity index (χ4v) is 3.00. The van der Waals surface area contributed by atoms with E-state index in [0.717, 1.165) is 17.0 Å². The molecule has 2 aromatic heterocycles. The zero-order chi connectivity index (χ0) is 19.4. The summed E-state index contributed by atoms with van der Waals surface area (Å²) in [5, 5.41) is 7.79. The SMILES string of the molecule is CSc1nc2nc(C)c(CC(=O)NCCOc3ccccc3F)c(C)n2n1. The lowest BCUT2D eigenvalue weighted by Gasteiger charge is -2.11. The van der Waals surface area contributed by atoms with Crippen molar-refractivity contribution < 1.29 is 13.9 Å². The molecule has 0 aliphatic heterocycles. The van der Waals surface area contributed by atoms with E-state index in [1.54, 1.807) is 22.7 Å². The standard InChI is InChI=1S/C18H20FN5O2S/c1-11-13(12(2)24-17(21-11)22-18(23-24)27-3)10-16(25)20-8-9-26-15-7-5-4-6-14(15)19/h4-7H,8-10H2,1-3H3,(H,20,25). The molecule has 0 saturated carbocycles. The molecule has 0 spiro atoms. The fraction of sp³-hybridized carbons (Fsp3) is 0.333. The first-order chi connectivity index (χ1) is 13.0. The highest BCUT2D eigenvalue weighted by atomic mass is 32.2. The summed E-state index contributed by atoms with van der Waals surface area (Å²) in [5.74, 6) is 0.109. The third-order valence-electron chi connectivity index (χ3n) is 4.07. The molecular weight excluding hydrogens is 369 g/mol. The number of carbonyl (C=O) groups excluding carboxylic acids is 1. The molecule has 0 radical (unpaired) electrons. The third-order valence-corrected chi connectivity index (χ3v) is 4.61. The smallest absolute Gasteiger partial charge is 0.253 e. The molecule has 0 unspecified atom stereocenters. The predicted molar refractivity (Wildman–Crippen MR) is 101 cm³/mol. The van der Waals surface area contributed by atoms with Crippen LogP contribution in [0.4, 0.5) is 4.39 Å². The Morgan fingerprint density at radius 2 is 2.07 bits per heavy atom. The average Bonchev–Trinajstić information content (AvgIpc) is 3.07. The van der Waals surface area contributed by atoms with Gasteiger partial charge < -0.3 is 10.1 Å². The fourth-order valence-electron chi connectivity index (χ4n) is 2.67. The van der Waals surface area contributed by atoms with Crippen molar-refractivity contribution in [2.24, 2.45) is 0 Å². The summed E-state index contributed by atoms with van der Waals surface area (Å²) in [4.78, 5) is 21.0. The van der Waals surface area contributed by atoms with Gasteiger partial charge in [0, 0.05) is 17.0 Å². The van der Waals surface area contributed by atoms with Crippen molar-refractivity contribution in [1.82, 2.24) is 24.9 Å². The lowest BCUT2D eigenvalue weighted by molar-refractivity contribution is -0.120. The van der Waals surface area contributed by atoms with Gasteiger partial charge in [-0.15, -0.1) is 5.10 Å². The van der Waals surface area contributed by atoms with Crippen LogP contribution in [0.5, 0.6) is 5.75 Å². The number of fused-ring (bicyclic) bond motifs is 1. The molecule has 1 N–H and O–H groups in total. The topological polar surface area (TPSA) is 81.4 Å². The first-order valence-electron chi connectivity index (χ1n) is 8.40. The summed E-state index contributed by atoms with van der Waals surface area (Å²) in [5.41, 5.74) is 2.40. The average molecular weight is 389 g/mol. The van der Waals surface area contributed by atoms with Crippen molar-refractivity contribution >= 4 is 23.4 Å². The van der Waals surface area contributed by atoms with Crippen molar-refractivity contribution in [3.8, 4) is 5.75 Å². The predicted octanol–water partition coefficient (Wildman–Crippen LogP) is 2.34. The maximum absolute atomic E-state index is 13.5. The number of para-hydroxylation sites is 1. The van der Waals surface area contributed by atoms with E-state index in [4.69, 9.17) is 4.74 Å². The number of rotatable bonds is 7. The van der Waals surface area contributed by atoms with Crippen LogP contribution in [-0.4, -0.2) is 44.9 Å². The summed E-state index contributed by atoms with van der Waals surface area (Å²) in [6.07, 6.45) is 2.07. The first-order valence-corrected chi connectivity index (χ1v) is 9.63. The van der Waals surface area contributed by atoms with Gasteiger partial charge in [-0.1, -0.05) is 23.9 Å². The molecule has 0 fully saturated rings. The minimum atomic E-state index is -0.424. The van der Waals surface area contributed by atoms with Gasteiger partial charge >= 0.3 is 0 Å². The molecule has 0 bridgehead atoms. The van der Waals surface area contributed by atoms with E-state index in [9.17, 15) is 9.18 Å². The van der Waals surface area contributed by atoms with Crippen molar-refractivity contribution in [2.45, 2.75) is 25.4 Å². The van der Waals surface area contributed by atoms with E-state index in [0.29, 0.717) is 10.9 Å². The van der Waals surface area contributed by atoms with Crippen LogP contribution in [0.1, 0.15) is 17.0 Å². The van der Waals surface area contributed by atoms with E-state index >= 15 is 0 Å². The molecule has 0 saturated heterocycles. The van der Waals surface area contributed by atoms with E-state index in [2.05, 4.69) is 20.4 Å². The van der Waals surface area contributed by atoms with Gasteiger partial charge in [-0.25, -0.2) is 13.9 Å². The van der Waals surface area contributed by atoms with Crippen LogP contribution in [0.25, 0.3) is 5.78 Å². The number of ether oxygens (including phenoxy) is 1. The number of hydrogen-bond donors (Lipinski definition) is 1. The number of hydrogen-bond acceptors (Lipinski definition) is 6. The van der Waals surface area contributed by atoms with Crippen LogP contribution in [0.2, 0.25) is 0 Å². The highest BCUT2D eigenvalue weighted by Gasteiger charge is 2.15. The Morgan fingerprint density at radius 3 is 2.81 bits per heavy atom. The largest absolute Gasteiger partial charge is 0.489 e. The Bertz CT molecular complexity index is 976. The van der Waals surface area contributed by atoms with Gasteiger partial charge in [-0.05, 0) is 32.2 Å². The number of nitrogens with one attached hydrogen (secondary N) is 1. The monoisotopic (exact) mass is 389 g/mol. The number of amides is 1. The Hall–Kier alpha value is -2.68. The van der Waals surface area contributed by atoms with Crippen LogP contribution in [-0.2, 0) is 11.2 Å². The normalized spacial score (nSPS) is 11.0. The van der Waals surface area contributed by atoms with Crippen LogP contribution in [0.3, 0.4) is 0 Å². The number of nitrogens with zero attached hydrogens (tertiary/aromatic N) is 4. The molecule has 3 rings (SSSR count). The molecule has 7 nitrogen and oxygen atoms in total. The summed E-state index contributed by atoms with van der Waals surface area (Å²) in [6.45, 7) is 4.21. The molecule has 0 aliphatic rings.